The molecule has 122 valence electrons. The van der Waals surface area contributed by atoms with Gasteiger partial charge in [-0.15, -0.1) is 0 Å². The van der Waals surface area contributed by atoms with Crippen LogP contribution in [0.25, 0.3) is 0 Å². The summed E-state index contributed by atoms with van der Waals surface area (Å²) in [5, 5.41) is 12.4. The maximum atomic E-state index is 12.6. The highest BCUT2D eigenvalue weighted by Crippen LogP contribution is 2.30. The molecule has 1 N–H and O–H groups in total. The largest absolute Gasteiger partial charge is 0.337 e. The second-order valence-corrected chi connectivity index (χ2v) is 7.23. The minimum Gasteiger partial charge on any atom is -0.337 e. The van der Waals surface area contributed by atoms with E-state index in [4.69, 9.17) is 0 Å². The molecule has 1 fully saturated rings. The Bertz CT molecular complexity index is 679. The van der Waals surface area contributed by atoms with Gasteiger partial charge in [0.05, 0.1) is 6.07 Å². The number of carbonyl (C=O) groups excluding carboxylic acids is 1. The van der Waals surface area contributed by atoms with Crippen LogP contribution in [0.5, 0.6) is 0 Å². The van der Waals surface area contributed by atoms with Gasteiger partial charge >= 0.3 is 0 Å². The summed E-state index contributed by atoms with van der Waals surface area (Å²) in [5.41, 5.74) is 1.54. The third kappa shape index (κ3) is 3.80. The predicted molar refractivity (Wildman–Crippen MR) is 97.8 cm³/mol. The second-order valence-electron chi connectivity index (χ2n) is 6.12. The molecular weight excluding hydrogens is 316 g/mol. The van der Waals surface area contributed by atoms with Crippen LogP contribution in [0.4, 0.5) is 0 Å². The van der Waals surface area contributed by atoms with Crippen LogP contribution in [0.1, 0.15) is 29.9 Å². The Morgan fingerprint density at radius 2 is 1.71 bits per heavy atom. The summed E-state index contributed by atoms with van der Waals surface area (Å²) >= 11 is 1.72. The van der Waals surface area contributed by atoms with Crippen molar-refractivity contribution >= 4 is 17.7 Å². The van der Waals surface area contributed by atoms with E-state index < -0.39 is 5.54 Å². The van der Waals surface area contributed by atoms with Gasteiger partial charge in [0, 0.05) is 18.1 Å². The molecule has 0 radical (unpaired) electrons. The number of amides is 1. The lowest BCUT2D eigenvalue weighted by Gasteiger charge is -2.24. The van der Waals surface area contributed by atoms with Gasteiger partial charge in [0.15, 0.2) is 0 Å². The summed E-state index contributed by atoms with van der Waals surface area (Å²) in [6.07, 6.45) is 1.07. The molecule has 2 aromatic rings. The van der Waals surface area contributed by atoms with E-state index in [0.717, 1.165) is 23.3 Å². The zero-order valence-electron chi connectivity index (χ0n) is 13.4. The summed E-state index contributed by atoms with van der Waals surface area (Å²) in [6, 6.07) is 22.4. The fourth-order valence-electron chi connectivity index (χ4n) is 3.08. The number of rotatable bonds is 5. The molecule has 0 aromatic heterocycles. The van der Waals surface area contributed by atoms with Crippen LogP contribution in [0.2, 0.25) is 0 Å². The molecule has 1 amide bonds. The molecule has 0 bridgehead atoms. The van der Waals surface area contributed by atoms with E-state index in [1.807, 2.05) is 36.4 Å². The molecule has 1 atom stereocenters. The quantitative estimate of drug-likeness (QED) is 0.905. The van der Waals surface area contributed by atoms with Crippen molar-refractivity contribution in [3.63, 3.8) is 0 Å². The van der Waals surface area contributed by atoms with Gasteiger partial charge in [-0.2, -0.15) is 17.0 Å². The average molecular weight is 336 g/mol. The summed E-state index contributed by atoms with van der Waals surface area (Å²) < 4.78 is 0. The maximum absolute atomic E-state index is 12.6. The van der Waals surface area contributed by atoms with Gasteiger partial charge < -0.3 is 5.32 Å². The molecule has 0 aliphatic carbocycles. The topological polar surface area (TPSA) is 52.9 Å². The highest BCUT2D eigenvalue weighted by atomic mass is 32.2. The van der Waals surface area contributed by atoms with E-state index in [9.17, 15) is 10.1 Å². The maximum Gasteiger partial charge on any atom is 0.222 e. The minimum atomic E-state index is -0.695. The number of nitriles is 1. The molecule has 3 rings (SSSR count). The monoisotopic (exact) mass is 336 g/mol. The Morgan fingerprint density at radius 3 is 2.17 bits per heavy atom. The lowest BCUT2D eigenvalue weighted by Crippen LogP contribution is -2.47. The lowest BCUT2D eigenvalue weighted by molar-refractivity contribution is -0.122. The first-order valence-corrected chi connectivity index (χ1v) is 9.28. The van der Waals surface area contributed by atoms with E-state index in [1.54, 1.807) is 11.8 Å². The first-order valence-electron chi connectivity index (χ1n) is 8.12. The van der Waals surface area contributed by atoms with Gasteiger partial charge in [-0.05, 0) is 23.3 Å². The number of nitrogens with zero attached hydrogens (tertiary/aromatic N) is 1. The molecule has 1 unspecified atom stereocenters. The molecule has 24 heavy (non-hydrogen) atoms. The van der Waals surface area contributed by atoms with Crippen LogP contribution in [0.15, 0.2) is 60.7 Å². The van der Waals surface area contributed by atoms with Crippen LogP contribution in [-0.2, 0) is 4.79 Å². The third-order valence-corrected chi connectivity index (χ3v) is 5.60. The van der Waals surface area contributed by atoms with Gasteiger partial charge in [-0.3, -0.25) is 4.79 Å². The van der Waals surface area contributed by atoms with Crippen molar-refractivity contribution in [3.05, 3.63) is 71.8 Å². The number of hydrogen-bond donors (Lipinski definition) is 1. The fourth-order valence-corrected chi connectivity index (χ4v) is 4.35. The fraction of sp³-hybridized carbons (Fsp3) is 0.300. The number of nitrogens with one attached hydrogen (secondary N) is 1. The van der Waals surface area contributed by atoms with E-state index >= 15 is 0 Å². The molecule has 1 heterocycles. The van der Waals surface area contributed by atoms with Crippen LogP contribution in [0.3, 0.4) is 0 Å². The molecule has 0 spiro atoms. The van der Waals surface area contributed by atoms with E-state index in [-0.39, 0.29) is 11.8 Å². The highest BCUT2D eigenvalue weighted by molar-refractivity contribution is 7.99. The SMILES string of the molecule is N#CC1(NC(=O)CC(c2ccccc2)c2ccccc2)CCSC1. The van der Waals surface area contributed by atoms with Gasteiger partial charge in [-0.1, -0.05) is 60.7 Å². The molecule has 0 saturated carbocycles. The summed E-state index contributed by atoms with van der Waals surface area (Å²) in [6.45, 7) is 0. The van der Waals surface area contributed by atoms with Crippen molar-refractivity contribution < 1.29 is 4.79 Å². The molecule has 2 aromatic carbocycles. The van der Waals surface area contributed by atoms with Crippen LogP contribution >= 0.6 is 11.8 Å². The van der Waals surface area contributed by atoms with Crippen molar-refractivity contribution in [3.8, 4) is 6.07 Å². The molecule has 1 aliphatic rings. The Hall–Kier alpha value is -2.25. The predicted octanol–water partition coefficient (Wildman–Crippen LogP) is 3.72. The van der Waals surface area contributed by atoms with Gasteiger partial charge in [0.1, 0.15) is 5.54 Å². The average Bonchev–Trinajstić information content (AvgIpc) is 3.10. The van der Waals surface area contributed by atoms with Gasteiger partial charge in [0.2, 0.25) is 5.91 Å². The summed E-state index contributed by atoms with van der Waals surface area (Å²) in [7, 11) is 0. The summed E-state index contributed by atoms with van der Waals surface area (Å²) in [5.74, 6) is 1.54. The second kappa shape index (κ2) is 7.55. The molecular formula is C20H20N2OS. The zero-order chi connectivity index (χ0) is 16.8. The van der Waals surface area contributed by atoms with E-state index in [0.29, 0.717) is 12.2 Å². The van der Waals surface area contributed by atoms with E-state index in [2.05, 4.69) is 35.7 Å². The third-order valence-electron chi connectivity index (χ3n) is 4.41. The molecule has 1 aliphatic heterocycles. The highest BCUT2D eigenvalue weighted by Gasteiger charge is 2.36. The first-order chi connectivity index (χ1) is 11.7. The Labute approximate surface area is 147 Å². The number of hydrogen-bond acceptors (Lipinski definition) is 3. The first kappa shape index (κ1) is 16.6. The molecule has 3 nitrogen and oxygen atoms in total. The Balaban J connectivity index is 1.80. The Kier molecular flexibility index (Phi) is 5.22. The zero-order valence-corrected chi connectivity index (χ0v) is 14.3. The number of thioether (sulfide) groups is 1. The van der Waals surface area contributed by atoms with Crippen molar-refractivity contribution in [2.75, 3.05) is 11.5 Å². The van der Waals surface area contributed by atoms with Crippen LogP contribution in [-0.4, -0.2) is 23.0 Å². The van der Waals surface area contributed by atoms with Crippen LogP contribution < -0.4 is 5.32 Å². The van der Waals surface area contributed by atoms with Crippen molar-refractivity contribution in [1.82, 2.24) is 5.32 Å². The molecule has 1 saturated heterocycles. The number of benzene rings is 2. The molecule has 4 heteroatoms. The lowest BCUT2D eigenvalue weighted by atomic mass is 9.88. The van der Waals surface area contributed by atoms with E-state index in [1.165, 1.54) is 0 Å². The van der Waals surface area contributed by atoms with Crippen molar-refractivity contribution in [2.24, 2.45) is 0 Å². The number of carbonyl (C=O) groups is 1. The smallest absolute Gasteiger partial charge is 0.222 e. The van der Waals surface area contributed by atoms with Crippen molar-refractivity contribution in [1.29, 1.82) is 5.26 Å². The van der Waals surface area contributed by atoms with Crippen molar-refractivity contribution in [2.45, 2.75) is 24.3 Å². The van der Waals surface area contributed by atoms with Gasteiger partial charge in [0.25, 0.3) is 0 Å². The Morgan fingerprint density at radius 1 is 1.12 bits per heavy atom. The standard InChI is InChI=1S/C20H20N2OS/c21-14-20(11-12-24-15-20)22-19(23)13-18(16-7-3-1-4-8-16)17-9-5-2-6-10-17/h1-10,18H,11-13,15H2,(H,22,23). The van der Waals surface area contributed by atoms with Gasteiger partial charge in [-0.25, -0.2) is 0 Å². The van der Waals surface area contributed by atoms with Crippen LogP contribution in [0, 0.1) is 11.3 Å². The summed E-state index contributed by atoms with van der Waals surface area (Å²) in [4.78, 5) is 12.6. The normalized spacial score (nSPS) is 19.8. The minimum absolute atomic E-state index is 0.00259.